The van der Waals surface area contributed by atoms with Crippen molar-refractivity contribution in [2.75, 3.05) is 26.8 Å². The van der Waals surface area contributed by atoms with Gasteiger partial charge in [0.1, 0.15) is 0 Å². The fourth-order valence-corrected chi connectivity index (χ4v) is 3.33. The zero-order valence-electron chi connectivity index (χ0n) is 15.4. The second-order valence-corrected chi connectivity index (χ2v) is 7.01. The largest absolute Gasteiger partial charge is 0.383 e. The molecule has 26 heavy (non-hydrogen) atoms. The van der Waals surface area contributed by atoms with Gasteiger partial charge in [0.05, 0.1) is 19.7 Å². The molecule has 0 atom stereocenters. The summed E-state index contributed by atoms with van der Waals surface area (Å²) in [6.45, 7) is 3.80. The second kappa shape index (κ2) is 10.7. The molecule has 0 N–H and O–H groups in total. The van der Waals surface area contributed by atoms with Gasteiger partial charge < -0.3 is 14.5 Å². The van der Waals surface area contributed by atoms with Gasteiger partial charge in [0.15, 0.2) is 0 Å². The van der Waals surface area contributed by atoms with Crippen LogP contribution < -0.4 is 0 Å². The molecule has 0 saturated heterocycles. The third-order valence-corrected chi connectivity index (χ3v) is 4.90. The van der Waals surface area contributed by atoms with Crippen molar-refractivity contribution in [3.05, 3.63) is 58.3 Å². The maximum Gasteiger partial charge on any atom is 0.242 e. The molecule has 1 heterocycles. The van der Waals surface area contributed by atoms with Crippen molar-refractivity contribution in [1.29, 1.82) is 0 Å². The van der Waals surface area contributed by atoms with E-state index in [1.54, 1.807) is 30.3 Å². The van der Waals surface area contributed by atoms with Crippen LogP contribution in [0.15, 0.2) is 47.8 Å². The summed E-state index contributed by atoms with van der Waals surface area (Å²) < 4.78 is 5.07. The smallest absolute Gasteiger partial charge is 0.242 e. The molecular formula is C20H26N2O3S. The van der Waals surface area contributed by atoms with Gasteiger partial charge in [-0.15, -0.1) is 11.3 Å². The minimum atomic E-state index is -0.0554. The first-order chi connectivity index (χ1) is 12.6. The second-order valence-electron chi connectivity index (χ2n) is 5.98. The van der Waals surface area contributed by atoms with E-state index in [1.165, 1.54) is 0 Å². The Labute approximate surface area is 159 Å². The summed E-state index contributed by atoms with van der Waals surface area (Å²) in [6, 6.07) is 13.9. The Morgan fingerprint density at radius 1 is 1.00 bits per heavy atom. The molecule has 0 bridgehead atoms. The average Bonchev–Trinajstić information content (AvgIpc) is 3.17. The average molecular weight is 375 g/mol. The van der Waals surface area contributed by atoms with Crippen LogP contribution in [0.4, 0.5) is 0 Å². The molecule has 0 unspecified atom stereocenters. The number of carbonyl (C=O) groups is 2. The van der Waals surface area contributed by atoms with Gasteiger partial charge in [-0.2, -0.15) is 0 Å². The van der Waals surface area contributed by atoms with Crippen LogP contribution in [0.1, 0.15) is 23.8 Å². The molecule has 2 rings (SSSR count). The van der Waals surface area contributed by atoms with E-state index in [-0.39, 0.29) is 18.4 Å². The number of amides is 2. The highest BCUT2D eigenvalue weighted by Crippen LogP contribution is 2.15. The molecule has 1 aromatic carbocycles. The lowest BCUT2D eigenvalue weighted by Crippen LogP contribution is -2.43. The molecule has 0 aliphatic carbocycles. The van der Waals surface area contributed by atoms with Crippen molar-refractivity contribution in [2.45, 2.75) is 26.4 Å². The maximum atomic E-state index is 13.0. The molecule has 6 heteroatoms. The maximum absolute atomic E-state index is 13.0. The zero-order chi connectivity index (χ0) is 18.8. The van der Waals surface area contributed by atoms with Crippen LogP contribution in [0.25, 0.3) is 0 Å². The number of ether oxygens (including phenoxy) is 1. The van der Waals surface area contributed by atoms with Crippen molar-refractivity contribution >= 4 is 23.2 Å². The minimum Gasteiger partial charge on any atom is -0.383 e. The highest BCUT2D eigenvalue weighted by atomic mass is 32.1. The summed E-state index contributed by atoms with van der Waals surface area (Å²) in [4.78, 5) is 29.6. The van der Waals surface area contributed by atoms with E-state index >= 15 is 0 Å². The lowest BCUT2D eigenvalue weighted by atomic mass is 10.2. The van der Waals surface area contributed by atoms with Crippen LogP contribution >= 0.6 is 11.3 Å². The number of methoxy groups -OCH3 is 1. The van der Waals surface area contributed by atoms with Gasteiger partial charge in [0.25, 0.3) is 0 Å². The van der Waals surface area contributed by atoms with E-state index in [2.05, 4.69) is 0 Å². The summed E-state index contributed by atoms with van der Waals surface area (Å²) in [5.74, 6) is -0.0914. The number of hydrogen-bond acceptors (Lipinski definition) is 4. The molecule has 0 spiro atoms. The highest BCUT2D eigenvalue weighted by Gasteiger charge is 2.21. The van der Waals surface area contributed by atoms with Crippen molar-refractivity contribution < 1.29 is 14.3 Å². The number of carbonyl (C=O) groups excluding carboxylic acids is 2. The van der Waals surface area contributed by atoms with E-state index < -0.39 is 0 Å². The highest BCUT2D eigenvalue weighted by molar-refractivity contribution is 7.09. The molecule has 0 fully saturated rings. The minimum absolute atomic E-state index is 0.0359. The lowest BCUT2D eigenvalue weighted by molar-refractivity contribution is -0.141. The summed E-state index contributed by atoms with van der Waals surface area (Å²) in [6.07, 6.45) is 0.376. The van der Waals surface area contributed by atoms with Gasteiger partial charge in [-0.3, -0.25) is 9.59 Å². The van der Waals surface area contributed by atoms with Gasteiger partial charge in [-0.1, -0.05) is 43.3 Å². The summed E-state index contributed by atoms with van der Waals surface area (Å²) in [5.41, 5.74) is 1.07. The van der Waals surface area contributed by atoms with Gasteiger partial charge in [0, 0.05) is 31.5 Å². The van der Waals surface area contributed by atoms with Gasteiger partial charge >= 0.3 is 0 Å². The van der Waals surface area contributed by atoms with E-state index in [0.29, 0.717) is 32.7 Å². The Hall–Kier alpha value is -2.18. The standard InChI is InChI=1S/C20H26N2O3S/c1-3-19(23)21(11-12-25-2)16-20(24)22(15-18-10-7-13-26-18)14-17-8-5-4-6-9-17/h4-10,13H,3,11-12,14-16H2,1-2H3. The Kier molecular flexibility index (Phi) is 8.31. The molecule has 2 aromatic rings. The van der Waals surface area contributed by atoms with Crippen LogP contribution in [0.3, 0.4) is 0 Å². The Morgan fingerprint density at radius 2 is 1.77 bits per heavy atom. The fraction of sp³-hybridized carbons (Fsp3) is 0.400. The lowest BCUT2D eigenvalue weighted by Gasteiger charge is -2.27. The van der Waals surface area contributed by atoms with Gasteiger partial charge in [-0.05, 0) is 17.0 Å². The van der Waals surface area contributed by atoms with Crippen molar-refractivity contribution in [3.8, 4) is 0 Å². The monoisotopic (exact) mass is 374 g/mol. The van der Waals surface area contributed by atoms with Crippen molar-refractivity contribution in [2.24, 2.45) is 0 Å². The molecule has 0 saturated carbocycles. The quantitative estimate of drug-likeness (QED) is 0.642. The predicted molar refractivity (Wildman–Crippen MR) is 104 cm³/mol. The van der Waals surface area contributed by atoms with Crippen molar-refractivity contribution in [3.63, 3.8) is 0 Å². The number of hydrogen-bond donors (Lipinski definition) is 0. The molecule has 0 aliphatic heterocycles. The van der Waals surface area contributed by atoms with Crippen molar-refractivity contribution in [1.82, 2.24) is 9.80 Å². The molecule has 2 amide bonds. The molecule has 5 nitrogen and oxygen atoms in total. The Balaban J connectivity index is 2.11. The molecular weight excluding hydrogens is 348 g/mol. The summed E-state index contributed by atoms with van der Waals surface area (Å²) >= 11 is 1.63. The Morgan fingerprint density at radius 3 is 2.38 bits per heavy atom. The molecule has 1 aromatic heterocycles. The van der Waals surface area contributed by atoms with Crippen LogP contribution in [0, 0.1) is 0 Å². The fourth-order valence-electron chi connectivity index (χ4n) is 2.61. The van der Waals surface area contributed by atoms with Crippen LogP contribution in [-0.4, -0.2) is 48.4 Å². The normalized spacial score (nSPS) is 10.5. The summed E-state index contributed by atoms with van der Waals surface area (Å²) in [7, 11) is 1.59. The first kappa shape index (κ1) is 20.1. The predicted octanol–water partition coefficient (Wildman–Crippen LogP) is 3.16. The van der Waals surface area contributed by atoms with Crippen LogP contribution in [0.5, 0.6) is 0 Å². The SMILES string of the molecule is CCC(=O)N(CCOC)CC(=O)N(Cc1ccccc1)Cc1cccs1. The van der Waals surface area contributed by atoms with E-state index in [1.807, 2.05) is 52.7 Å². The number of rotatable bonds is 10. The zero-order valence-corrected chi connectivity index (χ0v) is 16.2. The summed E-state index contributed by atoms with van der Waals surface area (Å²) in [5, 5.41) is 2.01. The van der Waals surface area contributed by atoms with Crippen LogP contribution in [-0.2, 0) is 27.4 Å². The molecule has 0 radical (unpaired) electrons. The molecule has 0 aliphatic rings. The van der Waals surface area contributed by atoms with Crippen LogP contribution in [0.2, 0.25) is 0 Å². The van der Waals surface area contributed by atoms with E-state index in [0.717, 1.165) is 10.4 Å². The third kappa shape index (κ3) is 6.28. The topological polar surface area (TPSA) is 49.9 Å². The number of nitrogens with zero attached hydrogens (tertiary/aromatic N) is 2. The van der Waals surface area contributed by atoms with E-state index in [4.69, 9.17) is 4.74 Å². The van der Waals surface area contributed by atoms with Gasteiger partial charge in [0.2, 0.25) is 11.8 Å². The molecule has 140 valence electrons. The first-order valence-electron chi connectivity index (χ1n) is 8.74. The Bertz CT molecular complexity index is 674. The third-order valence-electron chi connectivity index (χ3n) is 4.04. The van der Waals surface area contributed by atoms with Gasteiger partial charge in [-0.25, -0.2) is 0 Å². The number of thiophene rings is 1. The first-order valence-corrected chi connectivity index (χ1v) is 9.62. The number of benzene rings is 1. The van der Waals surface area contributed by atoms with E-state index in [9.17, 15) is 9.59 Å².